The first-order chi connectivity index (χ1) is 12.3. The average Bonchev–Trinajstić information content (AvgIpc) is 2.69. The highest BCUT2D eigenvalue weighted by Crippen LogP contribution is 2.33. The second kappa shape index (κ2) is 7.13. The van der Waals surface area contributed by atoms with Crippen LogP contribution in [0.2, 0.25) is 0 Å². The summed E-state index contributed by atoms with van der Waals surface area (Å²) in [6, 6.07) is 19.7. The van der Waals surface area contributed by atoms with Crippen LogP contribution in [0.25, 0.3) is 5.76 Å². The lowest BCUT2D eigenvalue weighted by Gasteiger charge is -2.41. The molecule has 0 spiro atoms. The lowest BCUT2D eigenvalue weighted by atomic mass is 10.0. The molecule has 2 heterocycles. The van der Waals surface area contributed by atoms with Crippen LogP contribution in [0.15, 0.2) is 79.6 Å². The van der Waals surface area contributed by atoms with Crippen molar-refractivity contribution in [1.82, 2.24) is 0 Å². The van der Waals surface area contributed by atoms with Gasteiger partial charge in [-0.2, -0.15) is 0 Å². The molecular formula is C21H20O4. The highest BCUT2D eigenvalue weighted by molar-refractivity contribution is 5.57. The largest absolute Gasteiger partial charge is 0.493 e. The summed E-state index contributed by atoms with van der Waals surface area (Å²) in [5, 5.41) is 0. The molecule has 0 bridgehead atoms. The summed E-state index contributed by atoms with van der Waals surface area (Å²) >= 11 is 0. The fourth-order valence-electron chi connectivity index (χ4n) is 3.03. The number of benzene rings is 2. The van der Waals surface area contributed by atoms with Gasteiger partial charge in [0.15, 0.2) is 12.4 Å². The van der Waals surface area contributed by atoms with Crippen LogP contribution in [0.1, 0.15) is 17.4 Å². The third kappa shape index (κ3) is 3.45. The van der Waals surface area contributed by atoms with Crippen molar-refractivity contribution in [2.24, 2.45) is 0 Å². The maximum absolute atomic E-state index is 6.16. The van der Waals surface area contributed by atoms with E-state index in [2.05, 4.69) is 6.58 Å². The summed E-state index contributed by atoms with van der Waals surface area (Å²) in [7, 11) is 0. The SMILES string of the molecule is C=C(O[C@@H]1C=CO[C@@H]2CO[C@@H](c3ccccc3)O[C@@H]12)c1ccccc1. The van der Waals surface area contributed by atoms with Crippen LogP contribution in [0.5, 0.6) is 0 Å². The first kappa shape index (κ1) is 15.9. The van der Waals surface area contributed by atoms with Crippen molar-refractivity contribution < 1.29 is 18.9 Å². The van der Waals surface area contributed by atoms with E-state index in [0.717, 1.165) is 11.1 Å². The molecule has 128 valence electrons. The van der Waals surface area contributed by atoms with Gasteiger partial charge in [0.2, 0.25) is 0 Å². The van der Waals surface area contributed by atoms with Crippen LogP contribution in [0.3, 0.4) is 0 Å². The second-order valence-electron chi connectivity index (χ2n) is 6.05. The van der Waals surface area contributed by atoms with E-state index in [-0.39, 0.29) is 18.3 Å². The highest BCUT2D eigenvalue weighted by Gasteiger charge is 2.41. The molecule has 4 heteroatoms. The summed E-state index contributed by atoms with van der Waals surface area (Å²) in [6.07, 6.45) is 2.36. The van der Waals surface area contributed by atoms with Crippen LogP contribution in [-0.2, 0) is 18.9 Å². The zero-order valence-electron chi connectivity index (χ0n) is 13.8. The number of hydrogen-bond donors (Lipinski definition) is 0. The Bertz CT molecular complexity index is 741. The molecule has 25 heavy (non-hydrogen) atoms. The van der Waals surface area contributed by atoms with Crippen LogP contribution in [-0.4, -0.2) is 24.9 Å². The van der Waals surface area contributed by atoms with Gasteiger partial charge >= 0.3 is 0 Å². The van der Waals surface area contributed by atoms with Crippen molar-refractivity contribution in [2.45, 2.75) is 24.6 Å². The second-order valence-corrected chi connectivity index (χ2v) is 6.05. The number of rotatable bonds is 4. The maximum atomic E-state index is 6.16. The summed E-state index contributed by atoms with van der Waals surface area (Å²) in [6.45, 7) is 4.50. The fraction of sp³-hybridized carbons (Fsp3) is 0.238. The maximum Gasteiger partial charge on any atom is 0.184 e. The van der Waals surface area contributed by atoms with E-state index >= 15 is 0 Å². The molecule has 4 atom stereocenters. The van der Waals surface area contributed by atoms with Crippen molar-refractivity contribution in [3.8, 4) is 0 Å². The van der Waals surface area contributed by atoms with Gasteiger partial charge in [0.1, 0.15) is 18.0 Å². The molecule has 4 rings (SSSR count). The number of hydrogen-bond acceptors (Lipinski definition) is 4. The molecule has 4 nitrogen and oxygen atoms in total. The minimum absolute atomic E-state index is 0.196. The standard InChI is InChI=1S/C21H20O4/c1-15(16-8-4-2-5-9-16)24-18-12-13-22-19-14-23-21(25-20(18)19)17-10-6-3-7-11-17/h2-13,18-21H,1,14H2/t18-,19-,20+,21-/m1/s1. The smallest absolute Gasteiger partial charge is 0.184 e. The Hall–Kier alpha value is -2.56. The molecule has 2 aromatic rings. The average molecular weight is 336 g/mol. The molecule has 2 aromatic carbocycles. The fourth-order valence-corrected chi connectivity index (χ4v) is 3.03. The Morgan fingerprint density at radius 1 is 1.00 bits per heavy atom. The zero-order valence-corrected chi connectivity index (χ0v) is 13.8. The Kier molecular flexibility index (Phi) is 4.55. The van der Waals surface area contributed by atoms with E-state index in [1.54, 1.807) is 6.26 Å². The van der Waals surface area contributed by atoms with E-state index in [1.165, 1.54) is 0 Å². The zero-order chi connectivity index (χ0) is 17.1. The predicted octanol–water partition coefficient (Wildman–Crippen LogP) is 4.07. The predicted molar refractivity (Wildman–Crippen MR) is 94.4 cm³/mol. The summed E-state index contributed by atoms with van der Waals surface area (Å²) in [5.74, 6) is 0.613. The summed E-state index contributed by atoms with van der Waals surface area (Å²) in [4.78, 5) is 0. The van der Waals surface area contributed by atoms with Crippen LogP contribution < -0.4 is 0 Å². The van der Waals surface area contributed by atoms with Gasteiger partial charge in [-0.1, -0.05) is 67.2 Å². The minimum Gasteiger partial charge on any atom is -0.493 e. The lowest BCUT2D eigenvalue weighted by Crippen LogP contribution is -2.50. The van der Waals surface area contributed by atoms with Crippen LogP contribution >= 0.6 is 0 Å². The lowest BCUT2D eigenvalue weighted by molar-refractivity contribution is -0.275. The van der Waals surface area contributed by atoms with Crippen LogP contribution in [0, 0.1) is 0 Å². The summed E-state index contributed by atoms with van der Waals surface area (Å²) < 4.78 is 23.7. The molecule has 0 amide bonds. The molecule has 2 aliphatic heterocycles. The normalized spacial score (nSPS) is 27.8. The van der Waals surface area contributed by atoms with Gasteiger partial charge in [-0.3, -0.25) is 0 Å². The Morgan fingerprint density at radius 3 is 2.48 bits per heavy atom. The molecule has 0 aliphatic carbocycles. The highest BCUT2D eigenvalue weighted by atomic mass is 16.7. The first-order valence-corrected chi connectivity index (χ1v) is 8.36. The van der Waals surface area contributed by atoms with E-state index < -0.39 is 6.29 Å². The topological polar surface area (TPSA) is 36.9 Å². The third-order valence-electron chi connectivity index (χ3n) is 4.35. The molecule has 0 N–H and O–H groups in total. The van der Waals surface area contributed by atoms with Gasteiger partial charge in [-0.05, 0) is 6.08 Å². The molecule has 0 saturated carbocycles. The van der Waals surface area contributed by atoms with Crippen molar-refractivity contribution >= 4 is 5.76 Å². The van der Waals surface area contributed by atoms with Crippen molar-refractivity contribution in [3.63, 3.8) is 0 Å². The van der Waals surface area contributed by atoms with Gasteiger partial charge in [-0.25, -0.2) is 0 Å². The van der Waals surface area contributed by atoms with Gasteiger partial charge in [0.05, 0.1) is 12.9 Å². The molecule has 2 aliphatic rings. The van der Waals surface area contributed by atoms with Gasteiger partial charge < -0.3 is 18.9 Å². The molecule has 0 radical (unpaired) electrons. The van der Waals surface area contributed by atoms with Gasteiger partial charge in [-0.15, -0.1) is 0 Å². The van der Waals surface area contributed by atoms with E-state index in [1.807, 2.05) is 66.7 Å². The molecule has 0 unspecified atom stereocenters. The van der Waals surface area contributed by atoms with E-state index in [0.29, 0.717) is 12.4 Å². The Labute approximate surface area is 147 Å². The minimum atomic E-state index is -0.423. The Balaban J connectivity index is 1.49. The quantitative estimate of drug-likeness (QED) is 0.789. The number of fused-ring (bicyclic) bond motifs is 1. The monoisotopic (exact) mass is 336 g/mol. The van der Waals surface area contributed by atoms with Crippen molar-refractivity contribution in [1.29, 1.82) is 0 Å². The Morgan fingerprint density at radius 2 is 1.72 bits per heavy atom. The van der Waals surface area contributed by atoms with E-state index in [4.69, 9.17) is 18.9 Å². The van der Waals surface area contributed by atoms with Crippen LogP contribution in [0.4, 0.5) is 0 Å². The molecular weight excluding hydrogens is 316 g/mol. The summed E-state index contributed by atoms with van der Waals surface area (Å²) in [5.41, 5.74) is 1.93. The van der Waals surface area contributed by atoms with Crippen molar-refractivity contribution in [3.05, 3.63) is 90.7 Å². The number of ether oxygens (including phenoxy) is 4. The molecule has 0 aromatic heterocycles. The molecule has 1 fully saturated rings. The third-order valence-corrected chi connectivity index (χ3v) is 4.35. The molecule has 1 saturated heterocycles. The first-order valence-electron chi connectivity index (χ1n) is 8.36. The van der Waals surface area contributed by atoms with Crippen molar-refractivity contribution in [2.75, 3.05) is 6.61 Å². The van der Waals surface area contributed by atoms with Gasteiger partial charge in [0.25, 0.3) is 0 Å². The van der Waals surface area contributed by atoms with Gasteiger partial charge in [0, 0.05) is 11.1 Å². The van der Waals surface area contributed by atoms with E-state index in [9.17, 15) is 0 Å².